The number of carbonyl (C=O) groups excluding carboxylic acids is 2. The fourth-order valence-electron chi connectivity index (χ4n) is 0.937. The summed E-state index contributed by atoms with van der Waals surface area (Å²) >= 11 is 0. The van der Waals surface area contributed by atoms with Gasteiger partial charge in [0.1, 0.15) is 12.4 Å². The summed E-state index contributed by atoms with van der Waals surface area (Å²) in [5, 5.41) is 2.31. The van der Waals surface area contributed by atoms with Crippen molar-refractivity contribution in [3.63, 3.8) is 0 Å². The summed E-state index contributed by atoms with van der Waals surface area (Å²) in [6, 6.07) is 9.17. The Balaban J connectivity index is 2.18. The molecule has 0 fully saturated rings. The van der Waals surface area contributed by atoms with E-state index < -0.39 is 11.8 Å². The summed E-state index contributed by atoms with van der Waals surface area (Å²) in [5.74, 6) is -1.08. The molecule has 0 aliphatic carbocycles. The van der Waals surface area contributed by atoms with Crippen LogP contribution in [0.4, 0.5) is 0 Å². The second-order valence-corrected chi connectivity index (χ2v) is 2.78. The van der Waals surface area contributed by atoms with Gasteiger partial charge in [0, 0.05) is 0 Å². The van der Waals surface area contributed by atoms with Crippen molar-refractivity contribution in [2.24, 2.45) is 5.73 Å². The molecular formula is C10H12N2O3. The minimum absolute atomic E-state index is 0.247. The monoisotopic (exact) mass is 208 g/mol. The lowest BCUT2D eigenvalue weighted by molar-refractivity contribution is -0.137. The smallest absolute Gasteiger partial charge is 0.309 e. The van der Waals surface area contributed by atoms with Crippen molar-refractivity contribution >= 4 is 11.8 Å². The summed E-state index contributed by atoms with van der Waals surface area (Å²) in [5.41, 5.74) is 4.74. The van der Waals surface area contributed by atoms with Crippen LogP contribution in [0.25, 0.3) is 0 Å². The zero-order valence-corrected chi connectivity index (χ0v) is 8.10. The Morgan fingerprint density at radius 3 is 2.53 bits per heavy atom. The standard InChI is InChI=1S/C10H12N2O3/c11-9(13)10(14)12-6-7-15-8-4-2-1-3-5-8/h1-5H,6-7H2,(H2,11,13)(H,12,14). The van der Waals surface area contributed by atoms with Crippen molar-refractivity contribution < 1.29 is 14.3 Å². The lowest BCUT2D eigenvalue weighted by atomic mass is 10.3. The first-order valence-electron chi connectivity index (χ1n) is 4.45. The number of benzene rings is 1. The van der Waals surface area contributed by atoms with E-state index in [4.69, 9.17) is 10.5 Å². The van der Waals surface area contributed by atoms with Crippen molar-refractivity contribution in [1.29, 1.82) is 0 Å². The van der Waals surface area contributed by atoms with Gasteiger partial charge in [-0.15, -0.1) is 0 Å². The molecule has 0 saturated heterocycles. The zero-order valence-electron chi connectivity index (χ0n) is 8.10. The molecule has 0 aliphatic rings. The van der Waals surface area contributed by atoms with Crippen molar-refractivity contribution in [1.82, 2.24) is 5.32 Å². The molecule has 5 heteroatoms. The van der Waals surface area contributed by atoms with Gasteiger partial charge in [0.25, 0.3) is 0 Å². The SMILES string of the molecule is NC(=O)C(=O)NCCOc1ccccc1. The number of rotatable bonds is 4. The number of nitrogens with two attached hydrogens (primary N) is 1. The molecule has 0 aromatic heterocycles. The predicted molar refractivity (Wildman–Crippen MR) is 54.1 cm³/mol. The summed E-state index contributed by atoms with van der Waals surface area (Å²) in [7, 11) is 0. The average molecular weight is 208 g/mol. The Bertz CT molecular complexity index is 338. The number of hydrogen-bond donors (Lipinski definition) is 2. The fraction of sp³-hybridized carbons (Fsp3) is 0.200. The van der Waals surface area contributed by atoms with E-state index in [0.29, 0.717) is 12.4 Å². The normalized spacial score (nSPS) is 9.33. The molecule has 0 saturated carbocycles. The van der Waals surface area contributed by atoms with E-state index in [-0.39, 0.29) is 6.54 Å². The van der Waals surface area contributed by atoms with E-state index in [0.717, 1.165) is 0 Å². The van der Waals surface area contributed by atoms with Gasteiger partial charge in [-0.05, 0) is 12.1 Å². The van der Waals surface area contributed by atoms with Gasteiger partial charge >= 0.3 is 11.8 Å². The molecule has 5 nitrogen and oxygen atoms in total. The second-order valence-electron chi connectivity index (χ2n) is 2.78. The lowest BCUT2D eigenvalue weighted by Gasteiger charge is -2.05. The van der Waals surface area contributed by atoms with Gasteiger partial charge in [-0.3, -0.25) is 9.59 Å². The number of hydrogen-bond acceptors (Lipinski definition) is 3. The Morgan fingerprint density at radius 2 is 1.93 bits per heavy atom. The summed E-state index contributed by atoms with van der Waals surface area (Å²) in [6.45, 7) is 0.541. The van der Waals surface area contributed by atoms with Crippen LogP contribution in [0.3, 0.4) is 0 Å². The highest BCUT2D eigenvalue weighted by atomic mass is 16.5. The summed E-state index contributed by atoms with van der Waals surface area (Å²) in [6.07, 6.45) is 0. The fourth-order valence-corrected chi connectivity index (χ4v) is 0.937. The van der Waals surface area contributed by atoms with E-state index in [9.17, 15) is 9.59 Å². The van der Waals surface area contributed by atoms with Crippen LogP contribution in [0.15, 0.2) is 30.3 Å². The molecule has 1 aromatic rings. The summed E-state index contributed by atoms with van der Waals surface area (Å²) < 4.78 is 5.27. The van der Waals surface area contributed by atoms with Crippen LogP contribution in [0, 0.1) is 0 Å². The third-order valence-corrected chi connectivity index (χ3v) is 1.62. The molecule has 1 rings (SSSR count). The highest BCUT2D eigenvalue weighted by Gasteiger charge is 2.06. The molecule has 80 valence electrons. The van der Waals surface area contributed by atoms with E-state index >= 15 is 0 Å². The van der Waals surface area contributed by atoms with Crippen LogP contribution in [0.2, 0.25) is 0 Å². The Morgan fingerprint density at radius 1 is 1.27 bits per heavy atom. The van der Waals surface area contributed by atoms with E-state index in [1.165, 1.54) is 0 Å². The largest absolute Gasteiger partial charge is 0.492 e. The number of carbonyl (C=O) groups is 2. The minimum Gasteiger partial charge on any atom is -0.492 e. The van der Waals surface area contributed by atoms with Crippen molar-refractivity contribution in [3.05, 3.63) is 30.3 Å². The van der Waals surface area contributed by atoms with Gasteiger partial charge in [0.2, 0.25) is 0 Å². The van der Waals surface area contributed by atoms with Crippen LogP contribution in [-0.2, 0) is 9.59 Å². The predicted octanol–water partition coefficient (Wildman–Crippen LogP) is -0.333. The lowest BCUT2D eigenvalue weighted by Crippen LogP contribution is -2.38. The topological polar surface area (TPSA) is 81.4 Å². The second kappa shape index (κ2) is 5.64. The van der Waals surface area contributed by atoms with E-state index in [2.05, 4.69) is 5.32 Å². The number of nitrogens with one attached hydrogen (secondary N) is 1. The van der Waals surface area contributed by atoms with Crippen LogP contribution < -0.4 is 15.8 Å². The van der Waals surface area contributed by atoms with Gasteiger partial charge in [0.15, 0.2) is 0 Å². The Kier molecular flexibility index (Phi) is 4.15. The molecular weight excluding hydrogens is 196 g/mol. The Labute approximate surface area is 87.2 Å². The maximum absolute atomic E-state index is 10.7. The van der Waals surface area contributed by atoms with Crippen LogP contribution in [0.5, 0.6) is 5.75 Å². The molecule has 0 bridgehead atoms. The molecule has 1 aromatic carbocycles. The van der Waals surface area contributed by atoms with Gasteiger partial charge < -0.3 is 15.8 Å². The van der Waals surface area contributed by atoms with Crippen molar-refractivity contribution in [2.45, 2.75) is 0 Å². The highest BCUT2D eigenvalue weighted by molar-refractivity contribution is 6.34. The zero-order chi connectivity index (χ0) is 11.1. The number of primary amides is 1. The van der Waals surface area contributed by atoms with Gasteiger partial charge in [-0.2, -0.15) is 0 Å². The molecule has 0 atom stereocenters. The van der Waals surface area contributed by atoms with Crippen LogP contribution >= 0.6 is 0 Å². The van der Waals surface area contributed by atoms with E-state index in [1.54, 1.807) is 12.1 Å². The maximum atomic E-state index is 10.7. The Hall–Kier alpha value is -2.04. The van der Waals surface area contributed by atoms with Crippen molar-refractivity contribution in [2.75, 3.05) is 13.2 Å². The molecule has 0 radical (unpaired) electrons. The molecule has 3 N–H and O–H groups in total. The number of amides is 2. The summed E-state index contributed by atoms with van der Waals surface area (Å²) in [4.78, 5) is 21.0. The minimum atomic E-state index is -0.991. The third kappa shape index (κ3) is 4.12. The quantitative estimate of drug-likeness (QED) is 0.525. The third-order valence-electron chi connectivity index (χ3n) is 1.62. The van der Waals surface area contributed by atoms with Gasteiger partial charge in [-0.25, -0.2) is 0 Å². The number of para-hydroxylation sites is 1. The van der Waals surface area contributed by atoms with E-state index in [1.807, 2.05) is 18.2 Å². The first-order chi connectivity index (χ1) is 7.20. The van der Waals surface area contributed by atoms with Gasteiger partial charge in [0.05, 0.1) is 6.54 Å². The molecule has 2 amide bonds. The maximum Gasteiger partial charge on any atom is 0.309 e. The van der Waals surface area contributed by atoms with Gasteiger partial charge in [-0.1, -0.05) is 18.2 Å². The molecule has 0 aliphatic heterocycles. The number of ether oxygens (including phenoxy) is 1. The highest BCUT2D eigenvalue weighted by Crippen LogP contribution is 2.07. The molecule has 0 heterocycles. The van der Waals surface area contributed by atoms with Crippen LogP contribution in [-0.4, -0.2) is 25.0 Å². The first kappa shape index (κ1) is 11.0. The molecule has 0 unspecified atom stereocenters. The van der Waals surface area contributed by atoms with Crippen molar-refractivity contribution in [3.8, 4) is 5.75 Å². The first-order valence-corrected chi connectivity index (χ1v) is 4.45. The molecule has 0 spiro atoms. The van der Waals surface area contributed by atoms with Crippen LogP contribution in [0.1, 0.15) is 0 Å². The molecule has 15 heavy (non-hydrogen) atoms. The average Bonchev–Trinajstić information content (AvgIpc) is 2.25.